The lowest BCUT2D eigenvalue weighted by Crippen LogP contribution is -2.01. The van der Waals surface area contributed by atoms with Gasteiger partial charge >= 0.3 is 0 Å². The second-order valence-corrected chi connectivity index (χ2v) is 5.69. The zero-order chi connectivity index (χ0) is 16.1. The molecule has 0 atom stereocenters. The van der Waals surface area contributed by atoms with Crippen molar-refractivity contribution < 1.29 is 5.11 Å². The fourth-order valence-electron chi connectivity index (χ4n) is 2.11. The lowest BCUT2D eigenvalue weighted by atomic mass is 10.1. The number of hydrogen-bond acceptors (Lipinski definition) is 5. The van der Waals surface area contributed by atoms with E-state index in [1.165, 1.54) is 11.8 Å². The molecule has 1 aromatic heterocycles. The number of nitrogens with zero attached hydrogens (tertiary/aromatic N) is 4. The van der Waals surface area contributed by atoms with Crippen LogP contribution in [-0.4, -0.2) is 32.5 Å². The number of rotatable bonds is 5. The van der Waals surface area contributed by atoms with Gasteiger partial charge in [-0.1, -0.05) is 42.1 Å². The monoisotopic (exact) mass is 324 g/mol. The van der Waals surface area contributed by atoms with Gasteiger partial charge in [0.2, 0.25) is 5.16 Å². The molecule has 0 saturated heterocycles. The average molecular weight is 324 g/mol. The number of phenols is 1. The van der Waals surface area contributed by atoms with Crippen molar-refractivity contribution in [2.24, 2.45) is 5.10 Å². The molecule has 0 radical (unpaired) electrons. The van der Waals surface area contributed by atoms with E-state index in [2.05, 4.69) is 27.4 Å². The van der Waals surface area contributed by atoms with Crippen LogP contribution in [0.15, 0.2) is 64.9 Å². The highest BCUT2D eigenvalue weighted by Crippen LogP contribution is 2.16. The Kier molecular flexibility index (Phi) is 4.73. The predicted molar refractivity (Wildman–Crippen MR) is 92.1 cm³/mol. The van der Waals surface area contributed by atoms with Gasteiger partial charge in [-0.2, -0.15) is 9.78 Å². The maximum Gasteiger partial charge on any atom is 0.211 e. The van der Waals surface area contributed by atoms with Gasteiger partial charge in [-0.3, -0.25) is 0 Å². The van der Waals surface area contributed by atoms with Crippen LogP contribution in [0.2, 0.25) is 0 Å². The zero-order valence-electron chi connectivity index (χ0n) is 12.6. The summed E-state index contributed by atoms with van der Waals surface area (Å²) in [4.78, 5) is 0. The third-order valence-electron chi connectivity index (χ3n) is 3.28. The second kappa shape index (κ2) is 7.11. The smallest absolute Gasteiger partial charge is 0.211 e. The van der Waals surface area contributed by atoms with E-state index in [0.29, 0.717) is 6.42 Å². The Balaban J connectivity index is 1.88. The second-order valence-electron chi connectivity index (χ2n) is 4.91. The molecule has 23 heavy (non-hydrogen) atoms. The molecule has 116 valence electrons. The Morgan fingerprint density at radius 2 is 1.83 bits per heavy atom. The molecule has 0 aliphatic carbocycles. The van der Waals surface area contributed by atoms with Crippen LogP contribution < -0.4 is 0 Å². The zero-order valence-corrected chi connectivity index (χ0v) is 13.4. The van der Waals surface area contributed by atoms with E-state index in [9.17, 15) is 5.11 Å². The molecule has 0 spiro atoms. The molecule has 2 aromatic carbocycles. The topological polar surface area (TPSA) is 63.3 Å². The van der Waals surface area contributed by atoms with Crippen LogP contribution >= 0.6 is 11.8 Å². The van der Waals surface area contributed by atoms with Crippen LogP contribution in [0.3, 0.4) is 0 Å². The summed E-state index contributed by atoms with van der Waals surface area (Å²) in [5, 5.41) is 23.0. The maximum absolute atomic E-state index is 9.33. The molecule has 1 heterocycles. The fraction of sp³-hybridized carbons (Fsp3) is 0.118. The quantitative estimate of drug-likeness (QED) is 0.578. The van der Waals surface area contributed by atoms with Gasteiger partial charge in [-0.05, 0) is 41.6 Å². The van der Waals surface area contributed by atoms with Crippen LogP contribution in [-0.2, 0) is 6.42 Å². The van der Waals surface area contributed by atoms with Gasteiger partial charge in [-0.15, -0.1) is 10.2 Å². The Hall–Kier alpha value is -2.60. The van der Waals surface area contributed by atoms with Crippen molar-refractivity contribution in [3.63, 3.8) is 0 Å². The predicted octanol–water partition coefficient (Wildman–Crippen LogP) is 3.18. The fourth-order valence-corrected chi connectivity index (χ4v) is 2.56. The summed E-state index contributed by atoms with van der Waals surface area (Å²) in [5.74, 6) is 1.02. The van der Waals surface area contributed by atoms with Gasteiger partial charge in [0, 0.05) is 6.42 Å². The van der Waals surface area contributed by atoms with Crippen LogP contribution in [0, 0.1) is 0 Å². The molecule has 0 bridgehead atoms. The summed E-state index contributed by atoms with van der Waals surface area (Å²) < 4.78 is 1.75. The van der Waals surface area contributed by atoms with Gasteiger partial charge in [0.1, 0.15) is 5.75 Å². The first kappa shape index (κ1) is 15.3. The van der Waals surface area contributed by atoms with E-state index in [0.717, 1.165) is 22.1 Å². The van der Waals surface area contributed by atoms with E-state index in [-0.39, 0.29) is 5.75 Å². The Morgan fingerprint density at radius 1 is 1.09 bits per heavy atom. The number of hydrogen-bond donors (Lipinski definition) is 1. The third-order valence-corrected chi connectivity index (χ3v) is 3.90. The molecule has 0 fully saturated rings. The Bertz CT molecular complexity index is 797. The summed E-state index contributed by atoms with van der Waals surface area (Å²) in [6.07, 6.45) is 4.35. The van der Waals surface area contributed by atoms with Crippen molar-refractivity contribution in [2.75, 3.05) is 6.26 Å². The Labute approximate surface area is 138 Å². The first-order valence-electron chi connectivity index (χ1n) is 7.12. The molecule has 0 saturated carbocycles. The molecule has 3 aromatic rings. The van der Waals surface area contributed by atoms with Crippen molar-refractivity contribution in [1.29, 1.82) is 0 Å². The van der Waals surface area contributed by atoms with Crippen molar-refractivity contribution in [2.45, 2.75) is 11.6 Å². The van der Waals surface area contributed by atoms with Crippen molar-refractivity contribution in [1.82, 2.24) is 14.9 Å². The minimum absolute atomic E-state index is 0.237. The minimum Gasteiger partial charge on any atom is -0.508 e. The highest BCUT2D eigenvalue weighted by Gasteiger charge is 2.11. The normalized spacial score (nSPS) is 11.2. The van der Waals surface area contributed by atoms with Gasteiger partial charge < -0.3 is 5.11 Å². The van der Waals surface area contributed by atoms with E-state index in [4.69, 9.17) is 0 Å². The molecule has 0 unspecified atom stereocenters. The molecule has 0 aliphatic rings. The summed E-state index contributed by atoms with van der Waals surface area (Å²) >= 11 is 1.50. The average Bonchev–Trinajstić information content (AvgIpc) is 2.97. The van der Waals surface area contributed by atoms with Crippen molar-refractivity contribution in [3.8, 4) is 5.75 Å². The Morgan fingerprint density at radius 3 is 2.52 bits per heavy atom. The van der Waals surface area contributed by atoms with Crippen LogP contribution in [0.5, 0.6) is 5.75 Å². The van der Waals surface area contributed by atoms with Crippen LogP contribution in [0.4, 0.5) is 0 Å². The molecule has 0 aliphatic heterocycles. The molecule has 1 N–H and O–H groups in total. The molecule has 6 heteroatoms. The SMILES string of the molecule is CSc1nnc(Cc2ccccc2)n1/N=C\c1ccc(O)cc1. The summed E-state index contributed by atoms with van der Waals surface area (Å²) in [7, 11) is 0. The molecule has 0 amide bonds. The first-order chi connectivity index (χ1) is 11.3. The molecular weight excluding hydrogens is 308 g/mol. The number of benzene rings is 2. The molecule has 3 rings (SSSR count). The highest BCUT2D eigenvalue weighted by atomic mass is 32.2. The highest BCUT2D eigenvalue weighted by molar-refractivity contribution is 7.98. The maximum atomic E-state index is 9.33. The molecular formula is C17H16N4OS. The van der Waals surface area contributed by atoms with E-state index >= 15 is 0 Å². The lowest BCUT2D eigenvalue weighted by molar-refractivity contribution is 0.475. The number of thioether (sulfide) groups is 1. The van der Waals surface area contributed by atoms with Crippen molar-refractivity contribution in [3.05, 3.63) is 71.5 Å². The number of aromatic nitrogens is 3. The summed E-state index contributed by atoms with van der Waals surface area (Å²) in [6, 6.07) is 17.0. The third kappa shape index (κ3) is 3.78. The minimum atomic E-state index is 0.237. The standard InChI is InChI=1S/C17H16N4OS/c1-23-17-20-19-16(11-13-5-3-2-4-6-13)21(17)18-12-14-7-9-15(22)10-8-14/h2-10,12,22H,11H2,1H3/b18-12-. The van der Waals surface area contributed by atoms with E-state index in [1.807, 2.05) is 24.5 Å². The van der Waals surface area contributed by atoms with Gasteiger partial charge in [0.25, 0.3) is 0 Å². The van der Waals surface area contributed by atoms with Gasteiger partial charge in [0.05, 0.1) is 6.21 Å². The van der Waals surface area contributed by atoms with Gasteiger partial charge in [0.15, 0.2) is 5.82 Å². The van der Waals surface area contributed by atoms with Gasteiger partial charge in [-0.25, -0.2) is 0 Å². The number of phenolic OH excluding ortho intramolecular Hbond substituents is 1. The lowest BCUT2D eigenvalue weighted by Gasteiger charge is -2.03. The molecule has 5 nitrogen and oxygen atoms in total. The van der Waals surface area contributed by atoms with Crippen LogP contribution in [0.1, 0.15) is 17.0 Å². The summed E-state index contributed by atoms with van der Waals surface area (Å²) in [6.45, 7) is 0. The largest absolute Gasteiger partial charge is 0.508 e. The summed E-state index contributed by atoms with van der Waals surface area (Å²) in [5.41, 5.74) is 2.06. The first-order valence-corrected chi connectivity index (χ1v) is 8.34. The number of aromatic hydroxyl groups is 1. The van der Waals surface area contributed by atoms with Crippen LogP contribution in [0.25, 0.3) is 0 Å². The van der Waals surface area contributed by atoms with E-state index in [1.54, 1.807) is 35.2 Å². The van der Waals surface area contributed by atoms with Crippen molar-refractivity contribution >= 4 is 18.0 Å². The van der Waals surface area contributed by atoms with E-state index < -0.39 is 0 Å².